The normalized spacial score (nSPS) is 10.6. The highest BCUT2D eigenvalue weighted by Gasteiger charge is 2.13. The quantitative estimate of drug-likeness (QED) is 0.558. The Morgan fingerprint density at radius 1 is 1.00 bits per heavy atom. The van der Waals surface area contributed by atoms with E-state index in [-0.39, 0.29) is 24.2 Å². The molecular formula is C20H15ClF2N2O3. The molecule has 1 aromatic heterocycles. The van der Waals surface area contributed by atoms with E-state index >= 15 is 0 Å². The number of aromatic nitrogens is 2. The van der Waals surface area contributed by atoms with Crippen LogP contribution in [0.25, 0.3) is 22.5 Å². The topological polar surface area (TPSA) is 61.3 Å². The van der Waals surface area contributed by atoms with E-state index in [1.165, 1.54) is 24.3 Å². The Bertz CT molecular complexity index is 997. The summed E-state index contributed by atoms with van der Waals surface area (Å²) in [7, 11) is 0. The van der Waals surface area contributed by atoms with Crippen LogP contribution in [-0.4, -0.2) is 29.2 Å². The molecule has 0 aliphatic carbocycles. The van der Waals surface area contributed by atoms with Crippen molar-refractivity contribution in [3.63, 3.8) is 0 Å². The van der Waals surface area contributed by atoms with Crippen LogP contribution in [0.1, 0.15) is 6.92 Å². The Morgan fingerprint density at radius 2 is 1.64 bits per heavy atom. The summed E-state index contributed by atoms with van der Waals surface area (Å²) in [6, 6.07) is 11.4. The Kier molecular flexibility index (Phi) is 6.16. The molecule has 0 amide bonds. The lowest BCUT2D eigenvalue weighted by Crippen LogP contribution is -2.16. The van der Waals surface area contributed by atoms with Crippen molar-refractivity contribution in [2.24, 2.45) is 0 Å². The first-order chi connectivity index (χ1) is 13.5. The molecule has 3 aromatic rings. The minimum Gasteiger partial charge on any atom is -0.463 e. The van der Waals surface area contributed by atoms with Crippen molar-refractivity contribution in [1.29, 1.82) is 0 Å². The van der Waals surface area contributed by atoms with E-state index in [1.54, 1.807) is 31.2 Å². The first-order valence-corrected chi connectivity index (χ1v) is 8.73. The van der Waals surface area contributed by atoms with Crippen molar-refractivity contribution in [3.05, 3.63) is 65.2 Å². The number of hydrogen-bond donors (Lipinski definition) is 0. The standard InChI is InChI=1S/C20H15ClF2N2O3/c1-2-27-19(26)11-28-20-24-17(12-3-6-14(22)7-4-12)10-18(25-20)13-5-8-15(21)16(23)9-13/h3-10H,2,11H2,1H3. The lowest BCUT2D eigenvalue weighted by atomic mass is 10.1. The van der Waals surface area contributed by atoms with Crippen LogP contribution in [0.3, 0.4) is 0 Å². The maximum Gasteiger partial charge on any atom is 0.344 e. The van der Waals surface area contributed by atoms with Gasteiger partial charge in [-0.1, -0.05) is 17.7 Å². The predicted molar refractivity (Wildman–Crippen MR) is 100.0 cm³/mol. The average Bonchev–Trinajstić information content (AvgIpc) is 2.69. The zero-order valence-corrected chi connectivity index (χ0v) is 15.5. The van der Waals surface area contributed by atoms with Gasteiger partial charge in [-0.2, -0.15) is 9.97 Å². The molecule has 0 aliphatic rings. The predicted octanol–water partition coefficient (Wildman–Crippen LogP) is 4.68. The van der Waals surface area contributed by atoms with Crippen LogP contribution >= 0.6 is 11.6 Å². The van der Waals surface area contributed by atoms with Gasteiger partial charge in [0.25, 0.3) is 0 Å². The van der Waals surface area contributed by atoms with E-state index in [9.17, 15) is 13.6 Å². The lowest BCUT2D eigenvalue weighted by Gasteiger charge is -2.10. The molecule has 144 valence electrons. The van der Waals surface area contributed by atoms with Gasteiger partial charge in [-0.05, 0) is 49.4 Å². The van der Waals surface area contributed by atoms with Crippen molar-refractivity contribution >= 4 is 17.6 Å². The molecule has 8 heteroatoms. The summed E-state index contributed by atoms with van der Waals surface area (Å²) in [5.74, 6) is -1.57. The van der Waals surface area contributed by atoms with Crippen LogP contribution in [0, 0.1) is 11.6 Å². The molecule has 0 unspecified atom stereocenters. The zero-order chi connectivity index (χ0) is 20.1. The molecule has 5 nitrogen and oxygen atoms in total. The number of carbonyl (C=O) groups excluding carboxylic acids is 1. The van der Waals surface area contributed by atoms with Crippen molar-refractivity contribution in [3.8, 4) is 28.5 Å². The van der Waals surface area contributed by atoms with Gasteiger partial charge in [0.1, 0.15) is 11.6 Å². The number of halogens is 3. The highest BCUT2D eigenvalue weighted by Crippen LogP contribution is 2.28. The monoisotopic (exact) mass is 404 g/mol. The summed E-state index contributed by atoms with van der Waals surface area (Å²) in [5.41, 5.74) is 1.80. The van der Waals surface area contributed by atoms with Crippen molar-refractivity contribution < 1.29 is 23.0 Å². The van der Waals surface area contributed by atoms with E-state index in [0.29, 0.717) is 22.5 Å². The fourth-order valence-corrected chi connectivity index (χ4v) is 2.51. The number of hydrogen-bond acceptors (Lipinski definition) is 5. The Labute approximate surface area is 164 Å². The number of carbonyl (C=O) groups is 1. The average molecular weight is 405 g/mol. The number of esters is 1. The summed E-state index contributed by atoms with van der Waals surface area (Å²) in [4.78, 5) is 20.0. The smallest absolute Gasteiger partial charge is 0.344 e. The Hall–Kier alpha value is -3.06. The van der Waals surface area contributed by atoms with Crippen LogP contribution in [0.2, 0.25) is 5.02 Å². The molecule has 2 aromatic carbocycles. The molecule has 0 aliphatic heterocycles. The molecule has 28 heavy (non-hydrogen) atoms. The van der Waals surface area contributed by atoms with E-state index in [4.69, 9.17) is 21.1 Å². The molecule has 0 atom stereocenters. The van der Waals surface area contributed by atoms with Gasteiger partial charge in [0.2, 0.25) is 0 Å². The van der Waals surface area contributed by atoms with E-state index in [1.807, 2.05) is 0 Å². The molecule has 1 heterocycles. The molecule has 0 radical (unpaired) electrons. The third-order valence-electron chi connectivity index (χ3n) is 3.69. The second-order valence-corrected chi connectivity index (χ2v) is 6.06. The van der Waals surface area contributed by atoms with Gasteiger partial charge >= 0.3 is 12.0 Å². The fraction of sp³-hybridized carbons (Fsp3) is 0.150. The minimum atomic E-state index is -0.602. The van der Waals surface area contributed by atoms with Crippen molar-refractivity contribution in [1.82, 2.24) is 9.97 Å². The first-order valence-electron chi connectivity index (χ1n) is 8.35. The Morgan fingerprint density at radius 3 is 2.29 bits per heavy atom. The molecule has 0 saturated carbocycles. The molecular weight excluding hydrogens is 390 g/mol. The largest absolute Gasteiger partial charge is 0.463 e. The zero-order valence-electron chi connectivity index (χ0n) is 14.8. The molecule has 0 spiro atoms. The highest BCUT2D eigenvalue weighted by molar-refractivity contribution is 6.30. The molecule has 0 saturated heterocycles. The van der Waals surface area contributed by atoms with Crippen LogP contribution in [0.5, 0.6) is 6.01 Å². The van der Waals surface area contributed by atoms with Gasteiger partial charge < -0.3 is 9.47 Å². The number of nitrogens with zero attached hydrogens (tertiary/aromatic N) is 2. The third-order valence-corrected chi connectivity index (χ3v) is 3.99. The third kappa shape index (κ3) is 4.80. The second kappa shape index (κ2) is 8.75. The Balaban J connectivity index is 2.01. The van der Waals surface area contributed by atoms with E-state index in [2.05, 4.69) is 9.97 Å². The summed E-state index contributed by atoms with van der Waals surface area (Å²) in [6.45, 7) is 1.51. The lowest BCUT2D eigenvalue weighted by molar-refractivity contribution is -0.145. The summed E-state index contributed by atoms with van der Waals surface area (Å²) in [5, 5.41) is -0.0182. The molecule has 0 bridgehead atoms. The maximum absolute atomic E-state index is 13.9. The van der Waals surface area contributed by atoms with Crippen molar-refractivity contribution in [2.75, 3.05) is 13.2 Å². The van der Waals surface area contributed by atoms with Crippen LogP contribution in [0.4, 0.5) is 8.78 Å². The first kappa shape index (κ1) is 19.7. The van der Waals surface area contributed by atoms with Gasteiger partial charge in [-0.3, -0.25) is 0 Å². The van der Waals surface area contributed by atoms with Crippen LogP contribution in [0.15, 0.2) is 48.5 Å². The summed E-state index contributed by atoms with van der Waals surface area (Å²) in [6.07, 6.45) is 0. The second-order valence-electron chi connectivity index (χ2n) is 5.65. The number of ether oxygens (including phenoxy) is 2. The van der Waals surface area contributed by atoms with E-state index < -0.39 is 17.6 Å². The summed E-state index contributed by atoms with van der Waals surface area (Å²) < 4.78 is 37.2. The number of benzene rings is 2. The maximum atomic E-state index is 13.9. The van der Waals surface area contributed by atoms with E-state index in [0.717, 1.165) is 0 Å². The summed E-state index contributed by atoms with van der Waals surface area (Å²) >= 11 is 5.74. The van der Waals surface area contributed by atoms with Gasteiger partial charge in [-0.25, -0.2) is 13.6 Å². The van der Waals surface area contributed by atoms with Gasteiger partial charge in [-0.15, -0.1) is 0 Å². The minimum absolute atomic E-state index is 0.0182. The number of rotatable bonds is 6. The van der Waals surface area contributed by atoms with Crippen molar-refractivity contribution in [2.45, 2.75) is 6.92 Å². The van der Waals surface area contributed by atoms with Gasteiger partial charge in [0.15, 0.2) is 6.61 Å². The van der Waals surface area contributed by atoms with Gasteiger partial charge in [0.05, 0.1) is 23.0 Å². The fourth-order valence-electron chi connectivity index (χ4n) is 2.39. The van der Waals surface area contributed by atoms with Gasteiger partial charge in [0, 0.05) is 11.1 Å². The molecule has 0 N–H and O–H groups in total. The highest BCUT2D eigenvalue weighted by atomic mass is 35.5. The molecule has 0 fully saturated rings. The molecule has 3 rings (SSSR count). The van der Waals surface area contributed by atoms with Crippen LogP contribution < -0.4 is 4.74 Å². The van der Waals surface area contributed by atoms with Crippen LogP contribution in [-0.2, 0) is 9.53 Å². The SMILES string of the molecule is CCOC(=O)COc1nc(-c2ccc(F)cc2)cc(-c2ccc(Cl)c(F)c2)n1.